The fourth-order valence-electron chi connectivity index (χ4n) is 2.38. The van der Waals surface area contributed by atoms with Crippen LogP contribution in [-0.2, 0) is 16.0 Å². The standard InChI is InChI=1S/C18H20ClFN2O3/c1-17(2,24)13-8-14(18(3,25)9-21-10-23)22-16(15(13)19)11-4-6-12(20)7-5-11/h4-8,10,24-25H,9H2,1-3H3,(H,21,23)/t18-/m1/s1. The number of halogens is 2. The Labute approximate surface area is 150 Å². The second-order valence-corrected chi connectivity index (χ2v) is 6.93. The number of aromatic nitrogens is 1. The van der Waals surface area contributed by atoms with E-state index in [2.05, 4.69) is 10.3 Å². The molecule has 0 aliphatic rings. The highest BCUT2D eigenvalue weighted by molar-refractivity contribution is 6.34. The van der Waals surface area contributed by atoms with Crippen molar-refractivity contribution in [3.05, 3.63) is 52.4 Å². The van der Waals surface area contributed by atoms with Gasteiger partial charge in [-0.2, -0.15) is 0 Å². The molecule has 0 saturated carbocycles. The minimum atomic E-state index is -1.49. The van der Waals surface area contributed by atoms with Gasteiger partial charge >= 0.3 is 0 Å². The van der Waals surface area contributed by atoms with Crippen molar-refractivity contribution in [2.24, 2.45) is 0 Å². The van der Waals surface area contributed by atoms with Crippen LogP contribution in [0.1, 0.15) is 32.0 Å². The van der Waals surface area contributed by atoms with Gasteiger partial charge in [-0.25, -0.2) is 9.37 Å². The monoisotopic (exact) mass is 366 g/mol. The van der Waals surface area contributed by atoms with Crippen LogP contribution in [0.4, 0.5) is 4.39 Å². The summed E-state index contributed by atoms with van der Waals surface area (Å²) in [7, 11) is 0. The van der Waals surface area contributed by atoms with Crippen LogP contribution in [0.25, 0.3) is 11.3 Å². The Kier molecular flexibility index (Phi) is 5.46. The maximum atomic E-state index is 13.2. The lowest BCUT2D eigenvalue weighted by Gasteiger charge is -2.27. The predicted molar refractivity (Wildman–Crippen MR) is 93.5 cm³/mol. The summed E-state index contributed by atoms with van der Waals surface area (Å²) >= 11 is 6.42. The molecule has 0 unspecified atom stereocenters. The Morgan fingerprint density at radius 3 is 2.36 bits per heavy atom. The molecule has 1 heterocycles. The van der Waals surface area contributed by atoms with Crippen molar-refractivity contribution in [3.8, 4) is 11.3 Å². The predicted octanol–water partition coefficient (Wildman–Crippen LogP) is 2.72. The largest absolute Gasteiger partial charge is 0.386 e. The van der Waals surface area contributed by atoms with Gasteiger partial charge in [-0.3, -0.25) is 4.79 Å². The van der Waals surface area contributed by atoms with Gasteiger partial charge in [-0.15, -0.1) is 0 Å². The van der Waals surface area contributed by atoms with Gasteiger partial charge < -0.3 is 15.5 Å². The van der Waals surface area contributed by atoms with E-state index < -0.39 is 17.0 Å². The fraction of sp³-hybridized carbons (Fsp3) is 0.333. The number of amides is 1. The topological polar surface area (TPSA) is 82.5 Å². The Balaban J connectivity index is 2.68. The van der Waals surface area contributed by atoms with Gasteiger partial charge in [0.1, 0.15) is 11.4 Å². The van der Waals surface area contributed by atoms with Crippen molar-refractivity contribution < 1.29 is 19.4 Å². The summed E-state index contributed by atoms with van der Waals surface area (Å²) in [5, 5.41) is 23.7. The van der Waals surface area contributed by atoms with E-state index in [-0.39, 0.29) is 17.3 Å². The Hall–Kier alpha value is -2.02. The Morgan fingerprint density at radius 2 is 1.84 bits per heavy atom. The molecule has 0 fully saturated rings. The summed E-state index contributed by atoms with van der Waals surface area (Å²) < 4.78 is 13.2. The number of nitrogens with one attached hydrogen (secondary N) is 1. The average molecular weight is 367 g/mol. The van der Waals surface area contributed by atoms with Crippen molar-refractivity contribution in [2.45, 2.75) is 32.0 Å². The zero-order valence-corrected chi connectivity index (χ0v) is 14.9. The Morgan fingerprint density at radius 1 is 1.24 bits per heavy atom. The summed E-state index contributed by atoms with van der Waals surface area (Å²) in [5.74, 6) is -0.402. The summed E-state index contributed by atoms with van der Waals surface area (Å²) in [6.07, 6.45) is 0.474. The van der Waals surface area contributed by atoms with Gasteiger partial charge in [0, 0.05) is 11.1 Å². The zero-order valence-electron chi connectivity index (χ0n) is 14.2. The van der Waals surface area contributed by atoms with Crippen LogP contribution in [0, 0.1) is 5.82 Å². The first-order valence-corrected chi connectivity index (χ1v) is 8.03. The summed E-state index contributed by atoms with van der Waals surface area (Å²) in [6.45, 7) is 4.54. The van der Waals surface area contributed by atoms with Crippen LogP contribution < -0.4 is 5.32 Å². The molecule has 0 spiro atoms. The van der Waals surface area contributed by atoms with Gasteiger partial charge in [-0.05, 0) is 51.1 Å². The normalized spacial score (nSPS) is 14.0. The van der Waals surface area contributed by atoms with E-state index in [4.69, 9.17) is 11.6 Å². The van der Waals surface area contributed by atoms with Gasteiger partial charge in [0.2, 0.25) is 6.41 Å². The maximum Gasteiger partial charge on any atom is 0.207 e. The second-order valence-electron chi connectivity index (χ2n) is 6.56. The molecule has 0 aliphatic carbocycles. The number of pyridine rings is 1. The molecule has 7 heteroatoms. The van der Waals surface area contributed by atoms with E-state index in [1.807, 2.05) is 0 Å². The minimum absolute atomic E-state index is 0.0702. The van der Waals surface area contributed by atoms with Gasteiger partial charge in [0.25, 0.3) is 0 Å². The molecule has 0 saturated heterocycles. The minimum Gasteiger partial charge on any atom is -0.386 e. The lowest BCUT2D eigenvalue weighted by molar-refractivity contribution is -0.110. The van der Waals surface area contributed by atoms with E-state index in [9.17, 15) is 19.4 Å². The maximum absolute atomic E-state index is 13.2. The van der Waals surface area contributed by atoms with Crippen LogP contribution in [0.2, 0.25) is 5.02 Å². The summed E-state index contributed by atoms with van der Waals surface area (Å²) in [4.78, 5) is 14.9. The number of nitrogens with zero attached hydrogens (tertiary/aromatic N) is 1. The number of benzene rings is 1. The van der Waals surface area contributed by atoms with Crippen molar-refractivity contribution in [3.63, 3.8) is 0 Å². The van der Waals surface area contributed by atoms with E-state index in [0.29, 0.717) is 23.2 Å². The number of hydrogen-bond acceptors (Lipinski definition) is 4. The molecule has 0 aliphatic heterocycles. The first kappa shape index (κ1) is 19.3. The lowest BCUT2D eigenvalue weighted by Crippen LogP contribution is -2.36. The van der Waals surface area contributed by atoms with Gasteiger partial charge in [0.05, 0.1) is 28.6 Å². The molecule has 2 aromatic rings. The van der Waals surface area contributed by atoms with Crippen LogP contribution >= 0.6 is 11.6 Å². The van der Waals surface area contributed by atoms with Crippen molar-refractivity contribution in [1.29, 1.82) is 0 Å². The molecular formula is C18H20ClFN2O3. The van der Waals surface area contributed by atoms with E-state index in [1.165, 1.54) is 37.3 Å². The number of rotatable bonds is 6. The molecule has 134 valence electrons. The van der Waals surface area contributed by atoms with Crippen molar-refractivity contribution in [2.75, 3.05) is 6.54 Å². The molecular weight excluding hydrogens is 347 g/mol. The summed E-state index contributed by atoms with van der Waals surface area (Å²) in [5.41, 5.74) is -1.34. The molecule has 3 N–H and O–H groups in total. The van der Waals surface area contributed by atoms with Crippen LogP contribution in [0.3, 0.4) is 0 Å². The fourth-order valence-corrected chi connectivity index (χ4v) is 2.82. The molecule has 1 aromatic heterocycles. The number of carbonyl (C=O) groups excluding carboxylic acids is 1. The third-order valence-electron chi connectivity index (χ3n) is 3.82. The highest BCUT2D eigenvalue weighted by Crippen LogP contribution is 2.37. The van der Waals surface area contributed by atoms with Crippen LogP contribution in [-0.4, -0.2) is 28.2 Å². The molecule has 5 nitrogen and oxygen atoms in total. The van der Waals surface area contributed by atoms with Crippen LogP contribution in [0.15, 0.2) is 30.3 Å². The number of aliphatic hydroxyl groups is 2. The number of carbonyl (C=O) groups is 1. The van der Waals surface area contributed by atoms with Crippen LogP contribution in [0.5, 0.6) is 0 Å². The van der Waals surface area contributed by atoms with Gasteiger partial charge in [-0.1, -0.05) is 11.6 Å². The molecule has 1 atom stereocenters. The van der Waals surface area contributed by atoms with E-state index >= 15 is 0 Å². The summed E-state index contributed by atoms with van der Waals surface area (Å²) in [6, 6.07) is 7.08. The first-order valence-electron chi connectivity index (χ1n) is 7.65. The zero-order chi connectivity index (χ0) is 18.8. The van der Waals surface area contributed by atoms with Crippen molar-refractivity contribution >= 4 is 18.0 Å². The molecule has 1 amide bonds. The third kappa shape index (κ3) is 4.34. The number of hydrogen-bond donors (Lipinski definition) is 3. The lowest BCUT2D eigenvalue weighted by atomic mass is 9.92. The third-order valence-corrected chi connectivity index (χ3v) is 4.20. The molecule has 25 heavy (non-hydrogen) atoms. The van der Waals surface area contributed by atoms with Gasteiger partial charge in [0.15, 0.2) is 0 Å². The van der Waals surface area contributed by atoms with Crippen molar-refractivity contribution in [1.82, 2.24) is 10.3 Å². The second kappa shape index (κ2) is 7.07. The smallest absolute Gasteiger partial charge is 0.207 e. The molecule has 2 rings (SSSR count). The molecule has 0 bridgehead atoms. The quantitative estimate of drug-likeness (QED) is 0.686. The first-order chi connectivity index (χ1) is 11.6. The average Bonchev–Trinajstić information content (AvgIpc) is 2.53. The van der Waals surface area contributed by atoms with E-state index in [1.54, 1.807) is 13.8 Å². The highest BCUT2D eigenvalue weighted by atomic mass is 35.5. The Bertz CT molecular complexity index is 771. The highest BCUT2D eigenvalue weighted by Gasteiger charge is 2.30. The van der Waals surface area contributed by atoms with E-state index in [0.717, 1.165) is 0 Å². The molecule has 1 aromatic carbocycles. The molecule has 0 radical (unpaired) electrons. The SMILES string of the molecule is CC(C)(O)c1cc([C@](C)(O)CNC=O)nc(-c2ccc(F)cc2)c1Cl.